The van der Waals surface area contributed by atoms with Gasteiger partial charge in [0.2, 0.25) is 5.91 Å². The average Bonchev–Trinajstić information content (AvgIpc) is 3.32. The number of sulfone groups is 1. The molecule has 0 bridgehead atoms. The Balaban J connectivity index is 1.29. The van der Waals surface area contributed by atoms with Gasteiger partial charge in [-0.05, 0) is 67.1 Å². The zero-order chi connectivity index (χ0) is 34.5. The SMILES string of the molecule is CC(=O)NC1(Nc2ccccc2)C(=O)N(c2ccccc2)N=C1NC(=O)c1ccc(OCCCS(=O)(=O)c2cc(Cl)c(Cl)c(Cl)c2)cc1. The summed E-state index contributed by atoms with van der Waals surface area (Å²) in [4.78, 5) is 39.8. The predicted molar refractivity (Wildman–Crippen MR) is 186 cm³/mol. The van der Waals surface area contributed by atoms with Gasteiger partial charge >= 0.3 is 5.91 Å². The smallest absolute Gasteiger partial charge is 0.302 e. The van der Waals surface area contributed by atoms with Crippen molar-refractivity contribution in [2.75, 3.05) is 22.7 Å². The van der Waals surface area contributed by atoms with Gasteiger partial charge in [-0.3, -0.25) is 14.4 Å². The number of anilines is 2. The summed E-state index contributed by atoms with van der Waals surface area (Å²) < 4.78 is 31.1. The Morgan fingerprint density at radius 2 is 1.50 bits per heavy atom. The van der Waals surface area contributed by atoms with E-state index in [2.05, 4.69) is 21.1 Å². The van der Waals surface area contributed by atoms with Crippen LogP contribution in [0, 0.1) is 0 Å². The Morgan fingerprint density at radius 1 is 0.896 bits per heavy atom. The minimum Gasteiger partial charge on any atom is -0.494 e. The lowest BCUT2D eigenvalue weighted by Crippen LogP contribution is -2.67. The Hall–Kier alpha value is -4.62. The van der Waals surface area contributed by atoms with Crippen molar-refractivity contribution in [1.29, 1.82) is 0 Å². The first kappa shape index (κ1) is 34.7. The normalized spacial score (nSPS) is 15.9. The van der Waals surface area contributed by atoms with E-state index >= 15 is 0 Å². The Bertz CT molecular complexity index is 1960. The van der Waals surface area contributed by atoms with Crippen molar-refractivity contribution in [3.05, 3.63) is 118 Å². The molecular weight excluding hydrogens is 701 g/mol. The second-order valence-corrected chi connectivity index (χ2v) is 13.8. The molecule has 248 valence electrons. The summed E-state index contributed by atoms with van der Waals surface area (Å²) in [6.07, 6.45) is 0.161. The summed E-state index contributed by atoms with van der Waals surface area (Å²) >= 11 is 17.9. The molecule has 3 N–H and O–H groups in total. The van der Waals surface area contributed by atoms with Crippen LogP contribution in [0.1, 0.15) is 23.7 Å². The van der Waals surface area contributed by atoms with Crippen molar-refractivity contribution < 1.29 is 27.5 Å². The van der Waals surface area contributed by atoms with E-state index in [1.165, 1.54) is 31.2 Å². The standard InChI is InChI=1S/C33H28Cl3N5O6S/c1-21(42)38-33(39-23-9-4-2-5-10-23)31(40-41(32(33)44)24-11-6-3-7-12-24)37-30(43)22-13-15-25(16-14-22)47-17-8-18-48(45,46)26-19-27(34)29(36)28(35)20-26/h2-7,9-16,19-20,39H,8,17-18H2,1H3,(H,38,42)(H,37,40,43). The van der Waals surface area contributed by atoms with Gasteiger partial charge in [0, 0.05) is 18.2 Å². The molecule has 0 aromatic heterocycles. The average molecular weight is 729 g/mol. The van der Waals surface area contributed by atoms with E-state index in [-0.39, 0.29) is 50.1 Å². The largest absolute Gasteiger partial charge is 0.494 e. The Labute approximate surface area is 291 Å². The molecule has 0 spiro atoms. The second-order valence-electron chi connectivity index (χ2n) is 10.5. The van der Waals surface area contributed by atoms with Crippen LogP contribution in [0.2, 0.25) is 15.1 Å². The number of amidine groups is 1. The molecule has 1 unspecified atom stereocenters. The lowest BCUT2D eigenvalue weighted by Gasteiger charge is -2.31. The molecule has 0 radical (unpaired) electrons. The first-order valence-corrected chi connectivity index (χ1v) is 17.2. The molecule has 15 heteroatoms. The Morgan fingerprint density at radius 3 is 2.10 bits per heavy atom. The first-order chi connectivity index (χ1) is 22.9. The molecule has 4 aromatic carbocycles. The van der Waals surface area contributed by atoms with Crippen LogP contribution in [0.4, 0.5) is 11.4 Å². The summed E-state index contributed by atoms with van der Waals surface area (Å²) in [5.74, 6) is -1.78. The molecule has 1 atom stereocenters. The summed E-state index contributed by atoms with van der Waals surface area (Å²) in [6.45, 7) is 1.32. The minimum atomic E-state index is -3.70. The third kappa shape index (κ3) is 7.74. The monoisotopic (exact) mass is 727 g/mol. The fraction of sp³-hybridized carbons (Fsp3) is 0.152. The highest BCUT2D eigenvalue weighted by Gasteiger charge is 2.54. The molecular formula is C33H28Cl3N5O6S. The molecule has 4 aromatic rings. The molecule has 0 saturated heterocycles. The quantitative estimate of drug-likeness (QED) is 0.0987. The number of benzene rings is 4. The zero-order valence-corrected chi connectivity index (χ0v) is 28.3. The third-order valence-electron chi connectivity index (χ3n) is 7.03. The molecule has 11 nitrogen and oxygen atoms in total. The summed E-state index contributed by atoms with van der Waals surface area (Å²) in [5, 5.41) is 14.1. The van der Waals surface area contributed by atoms with E-state index < -0.39 is 33.2 Å². The van der Waals surface area contributed by atoms with Crippen LogP contribution in [-0.2, 0) is 19.4 Å². The molecule has 1 aliphatic rings. The number of hydrogen-bond acceptors (Lipinski definition) is 8. The van der Waals surface area contributed by atoms with E-state index in [1.807, 2.05) is 0 Å². The number of amides is 3. The lowest BCUT2D eigenvalue weighted by molar-refractivity contribution is -0.127. The topological polar surface area (TPSA) is 146 Å². The highest BCUT2D eigenvalue weighted by atomic mass is 35.5. The van der Waals surface area contributed by atoms with Crippen LogP contribution in [0.5, 0.6) is 5.75 Å². The number of ether oxygens (including phenoxy) is 1. The summed E-state index contributed by atoms with van der Waals surface area (Å²) in [5.41, 5.74) is -0.825. The van der Waals surface area contributed by atoms with Crippen LogP contribution >= 0.6 is 34.8 Å². The van der Waals surface area contributed by atoms with Gasteiger partial charge in [0.05, 0.1) is 38.0 Å². The number of carbonyl (C=O) groups excluding carboxylic acids is 3. The summed E-state index contributed by atoms with van der Waals surface area (Å²) in [6, 6.07) is 25.9. The van der Waals surface area contributed by atoms with E-state index in [0.29, 0.717) is 17.1 Å². The number of para-hydroxylation sites is 2. The van der Waals surface area contributed by atoms with E-state index in [4.69, 9.17) is 39.5 Å². The number of hydrogen-bond donors (Lipinski definition) is 3. The zero-order valence-electron chi connectivity index (χ0n) is 25.2. The van der Waals surface area contributed by atoms with Gasteiger partial charge in [-0.25, -0.2) is 8.42 Å². The number of carbonyl (C=O) groups is 3. The van der Waals surface area contributed by atoms with Crippen LogP contribution in [0.15, 0.2) is 107 Å². The maximum absolute atomic E-state index is 14.0. The molecule has 1 heterocycles. The highest BCUT2D eigenvalue weighted by Crippen LogP contribution is 2.33. The van der Waals surface area contributed by atoms with Gasteiger partial charge in [0.25, 0.3) is 11.6 Å². The molecule has 1 aliphatic heterocycles. The molecule has 48 heavy (non-hydrogen) atoms. The highest BCUT2D eigenvalue weighted by molar-refractivity contribution is 7.91. The van der Waals surface area contributed by atoms with Crippen LogP contribution < -0.4 is 25.7 Å². The van der Waals surface area contributed by atoms with Crippen molar-refractivity contribution in [3.8, 4) is 5.75 Å². The number of nitrogens with one attached hydrogen (secondary N) is 3. The fourth-order valence-electron chi connectivity index (χ4n) is 4.75. The van der Waals surface area contributed by atoms with E-state index in [1.54, 1.807) is 72.8 Å². The fourth-order valence-corrected chi connectivity index (χ4v) is 6.81. The molecule has 5 rings (SSSR count). The van der Waals surface area contributed by atoms with Crippen molar-refractivity contribution in [1.82, 2.24) is 10.6 Å². The van der Waals surface area contributed by atoms with Crippen molar-refractivity contribution in [2.45, 2.75) is 23.9 Å². The van der Waals surface area contributed by atoms with Gasteiger partial charge in [-0.2, -0.15) is 5.01 Å². The molecule has 0 saturated carbocycles. The molecule has 3 amide bonds. The third-order valence-corrected chi connectivity index (χ3v) is 10.0. The predicted octanol–water partition coefficient (Wildman–Crippen LogP) is 5.92. The molecule has 0 aliphatic carbocycles. The van der Waals surface area contributed by atoms with Crippen LogP contribution in [0.25, 0.3) is 0 Å². The number of nitrogens with zero attached hydrogens (tertiary/aromatic N) is 2. The first-order valence-electron chi connectivity index (χ1n) is 14.4. The van der Waals surface area contributed by atoms with Gasteiger partial charge in [0.15, 0.2) is 15.7 Å². The Kier molecular flexibility index (Phi) is 10.6. The number of rotatable bonds is 11. The lowest BCUT2D eigenvalue weighted by atomic mass is 10.1. The van der Waals surface area contributed by atoms with Gasteiger partial charge < -0.3 is 20.7 Å². The molecule has 0 fully saturated rings. The maximum atomic E-state index is 14.0. The van der Waals surface area contributed by atoms with Crippen molar-refractivity contribution in [3.63, 3.8) is 0 Å². The van der Waals surface area contributed by atoms with E-state index in [0.717, 1.165) is 5.01 Å². The van der Waals surface area contributed by atoms with E-state index in [9.17, 15) is 22.8 Å². The van der Waals surface area contributed by atoms with Crippen LogP contribution in [0.3, 0.4) is 0 Å². The van der Waals surface area contributed by atoms with Crippen molar-refractivity contribution in [2.24, 2.45) is 5.10 Å². The van der Waals surface area contributed by atoms with Gasteiger partial charge in [-0.15, -0.1) is 5.10 Å². The van der Waals surface area contributed by atoms with Crippen molar-refractivity contribution >= 4 is 79.6 Å². The van der Waals surface area contributed by atoms with Gasteiger partial charge in [-0.1, -0.05) is 71.2 Å². The van der Waals surface area contributed by atoms with Gasteiger partial charge in [0.1, 0.15) is 5.75 Å². The van der Waals surface area contributed by atoms with Crippen LogP contribution in [-0.4, -0.2) is 50.0 Å². The maximum Gasteiger partial charge on any atom is 0.302 e. The number of hydrazone groups is 1. The minimum absolute atomic E-state index is 0.0384. The second kappa shape index (κ2) is 14.7. The number of halogens is 3. The summed E-state index contributed by atoms with van der Waals surface area (Å²) in [7, 11) is -3.70.